The Balaban J connectivity index is 1.87. The highest BCUT2D eigenvalue weighted by atomic mass is 32.2. The molecule has 0 radical (unpaired) electrons. The van der Waals surface area contributed by atoms with Crippen LogP contribution in [-0.2, 0) is 21.1 Å². The fourth-order valence-corrected chi connectivity index (χ4v) is 3.99. The fraction of sp³-hybridized carbons (Fsp3) is 0.263. The molecule has 0 aromatic heterocycles. The topological polar surface area (TPSA) is 83.6 Å². The number of fused-ring (bicyclic) bond motifs is 1. The van der Waals surface area contributed by atoms with Gasteiger partial charge in [-0.1, -0.05) is 19.1 Å². The van der Waals surface area contributed by atoms with E-state index in [9.17, 15) is 26.8 Å². The molecule has 2 aromatic rings. The van der Waals surface area contributed by atoms with E-state index < -0.39 is 26.4 Å². The number of hydrogen-bond acceptors (Lipinski definition) is 4. The Labute approximate surface area is 161 Å². The number of nitrogens with zero attached hydrogens (tertiary/aromatic N) is 1. The van der Waals surface area contributed by atoms with Crippen molar-refractivity contribution in [2.75, 3.05) is 16.8 Å². The van der Waals surface area contributed by atoms with E-state index in [4.69, 9.17) is 0 Å². The van der Waals surface area contributed by atoms with Crippen molar-refractivity contribution in [3.63, 3.8) is 0 Å². The van der Waals surface area contributed by atoms with E-state index in [0.29, 0.717) is 19.4 Å². The maximum atomic E-state index is 12.9. The predicted molar refractivity (Wildman–Crippen MR) is 100 cm³/mol. The van der Waals surface area contributed by atoms with Crippen LogP contribution in [0.15, 0.2) is 47.4 Å². The number of para-hydroxylation sites is 1. The van der Waals surface area contributed by atoms with Crippen LogP contribution in [0.25, 0.3) is 0 Å². The van der Waals surface area contributed by atoms with Crippen LogP contribution in [-0.4, -0.2) is 32.5 Å². The Morgan fingerprint density at radius 3 is 2.57 bits per heavy atom. The van der Waals surface area contributed by atoms with Crippen LogP contribution >= 0.6 is 0 Å². The molecule has 6 nitrogen and oxygen atoms in total. The fourth-order valence-electron chi connectivity index (χ4n) is 3.10. The number of alkyl halides is 2. The summed E-state index contributed by atoms with van der Waals surface area (Å²) in [7, 11) is -4.86. The van der Waals surface area contributed by atoms with Crippen LogP contribution in [0.1, 0.15) is 29.3 Å². The lowest BCUT2D eigenvalue weighted by Gasteiger charge is -2.16. The normalized spacial score (nSPS) is 13.5. The van der Waals surface area contributed by atoms with Crippen molar-refractivity contribution in [1.29, 1.82) is 0 Å². The Morgan fingerprint density at radius 2 is 1.89 bits per heavy atom. The van der Waals surface area contributed by atoms with Gasteiger partial charge in [0.2, 0.25) is 15.7 Å². The SMILES string of the molecule is CCC(=O)N1CCc2cc(C(=O)Nc3ccccc3S(=O)(=O)C(F)F)ccc21. The molecular weight excluding hydrogens is 390 g/mol. The highest BCUT2D eigenvalue weighted by molar-refractivity contribution is 7.91. The Bertz CT molecular complexity index is 1040. The summed E-state index contributed by atoms with van der Waals surface area (Å²) >= 11 is 0. The molecule has 0 unspecified atom stereocenters. The molecule has 2 aromatic carbocycles. The van der Waals surface area contributed by atoms with Gasteiger partial charge in [0.1, 0.15) is 0 Å². The summed E-state index contributed by atoms with van der Waals surface area (Å²) in [6.45, 7) is 2.30. The first-order valence-electron chi connectivity index (χ1n) is 8.61. The number of carbonyl (C=O) groups is 2. The number of hydrogen-bond donors (Lipinski definition) is 1. The zero-order valence-corrected chi connectivity index (χ0v) is 15.8. The molecule has 2 amide bonds. The van der Waals surface area contributed by atoms with Gasteiger partial charge in [0, 0.05) is 24.2 Å². The number of anilines is 2. The van der Waals surface area contributed by atoms with Gasteiger partial charge in [-0.15, -0.1) is 0 Å². The molecule has 28 heavy (non-hydrogen) atoms. The number of rotatable bonds is 5. The summed E-state index contributed by atoms with van der Waals surface area (Å²) < 4.78 is 49.4. The molecule has 1 aliphatic rings. The van der Waals surface area contributed by atoms with Gasteiger partial charge in [-0.05, 0) is 42.3 Å². The zero-order chi connectivity index (χ0) is 20.5. The smallest absolute Gasteiger partial charge is 0.321 e. The molecule has 1 N–H and O–H groups in total. The number of carbonyl (C=O) groups excluding carboxylic acids is 2. The minimum absolute atomic E-state index is 0.0120. The molecule has 1 heterocycles. The quantitative estimate of drug-likeness (QED) is 0.823. The summed E-state index contributed by atoms with van der Waals surface area (Å²) in [5, 5.41) is 2.39. The molecule has 0 saturated heterocycles. The maximum Gasteiger partial charge on any atom is 0.341 e. The molecule has 0 atom stereocenters. The van der Waals surface area contributed by atoms with E-state index in [0.717, 1.165) is 17.3 Å². The third kappa shape index (κ3) is 3.62. The summed E-state index contributed by atoms with van der Waals surface area (Å²) in [6.07, 6.45) is 0.968. The van der Waals surface area contributed by atoms with E-state index in [1.54, 1.807) is 24.0 Å². The van der Waals surface area contributed by atoms with E-state index in [-0.39, 0.29) is 17.2 Å². The minimum atomic E-state index is -4.86. The number of halogens is 2. The van der Waals surface area contributed by atoms with Crippen LogP contribution < -0.4 is 10.2 Å². The third-order valence-corrected chi connectivity index (χ3v) is 5.96. The molecule has 0 saturated carbocycles. The number of amides is 2. The molecule has 3 rings (SSSR count). The first-order valence-corrected chi connectivity index (χ1v) is 10.2. The maximum absolute atomic E-state index is 12.9. The molecule has 148 valence electrons. The van der Waals surface area contributed by atoms with Crippen molar-refractivity contribution in [1.82, 2.24) is 0 Å². The molecule has 1 aliphatic heterocycles. The minimum Gasteiger partial charge on any atom is -0.321 e. The Kier molecular flexibility index (Phi) is 5.46. The Hall–Kier alpha value is -2.81. The second kappa shape index (κ2) is 7.67. The number of nitrogens with one attached hydrogen (secondary N) is 1. The van der Waals surface area contributed by atoms with Crippen LogP contribution in [0, 0.1) is 0 Å². The van der Waals surface area contributed by atoms with Crippen LogP contribution in [0.3, 0.4) is 0 Å². The summed E-state index contributed by atoms with van der Waals surface area (Å²) in [5.74, 6) is -4.23. The van der Waals surface area contributed by atoms with Crippen molar-refractivity contribution >= 4 is 33.0 Å². The molecule has 9 heteroatoms. The van der Waals surface area contributed by atoms with Crippen LogP contribution in [0.5, 0.6) is 0 Å². The van der Waals surface area contributed by atoms with Gasteiger partial charge in [-0.3, -0.25) is 9.59 Å². The van der Waals surface area contributed by atoms with Gasteiger partial charge in [0.15, 0.2) is 0 Å². The standard InChI is InChI=1S/C19H18F2N2O4S/c1-2-17(24)23-10-9-12-11-13(7-8-15(12)23)18(25)22-14-5-3-4-6-16(14)28(26,27)19(20)21/h3-8,11,19H,2,9-10H2,1H3,(H,22,25). The van der Waals surface area contributed by atoms with Crippen LogP contribution in [0.2, 0.25) is 0 Å². The van der Waals surface area contributed by atoms with Gasteiger partial charge in [0.25, 0.3) is 5.91 Å². The first kappa shape index (κ1) is 19.9. The lowest BCUT2D eigenvalue weighted by Crippen LogP contribution is -2.27. The van der Waals surface area contributed by atoms with E-state index in [1.165, 1.54) is 24.3 Å². The average molecular weight is 408 g/mol. The number of benzene rings is 2. The van der Waals surface area contributed by atoms with Crippen molar-refractivity contribution in [3.05, 3.63) is 53.6 Å². The summed E-state index contributed by atoms with van der Waals surface area (Å²) in [6, 6.07) is 9.82. The van der Waals surface area contributed by atoms with Crippen molar-refractivity contribution in [2.45, 2.75) is 30.4 Å². The summed E-state index contributed by atoms with van der Waals surface area (Å²) in [5.41, 5.74) is 1.59. The van der Waals surface area contributed by atoms with Gasteiger partial charge in [-0.25, -0.2) is 8.42 Å². The molecule has 0 bridgehead atoms. The van der Waals surface area contributed by atoms with Crippen LogP contribution in [0.4, 0.5) is 20.2 Å². The second-order valence-electron chi connectivity index (χ2n) is 6.25. The first-order chi connectivity index (χ1) is 13.3. The molecule has 0 fully saturated rings. The van der Waals surface area contributed by atoms with Crippen molar-refractivity contribution in [3.8, 4) is 0 Å². The lowest BCUT2D eigenvalue weighted by atomic mass is 10.1. The molecular formula is C19H18F2N2O4S. The second-order valence-corrected chi connectivity index (χ2v) is 8.13. The molecule has 0 aliphatic carbocycles. The average Bonchev–Trinajstić information content (AvgIpc) is 3.10. The largest absolute Gasteiger partial charge is 0.341 e. The lowest BCUT2D eigenvalue weighted by molar-refractivity contribution is -0.118. The third-order valence-electron chi connectivity index (χ3n) is 4.52. The van der Waals surface area contributed by atoms with Gasteiger partial charge in [0.05, 0.1) is 10.6 Å². The monoisotopic (exact) mass is 408 g/mol. The van der Waals surface area contributed by atoms with Gasteiger partial charge in [-0.2, -0.15) is 8.78 Å². The van der Waals surface area contributed by atoms with Gasteiger partial charge < -0.3 is 10.2 Å². The van der Waals surface area contributed by atoms with Crippen molar-refractivity contribution < 1.29 is 26.8 Å². The van der Waals surface area contributed by atoms with Gasteiger partial charge >= 0.3 is 5.76 Å². The highest BCUT2D eigenvalue weighted by Gasteiger charge is 2.30. The molecule has 0 spiro atoms. The number of sulfone groups is 1. The summed E-state index contributed by atoms with van der Waals surface area (Å²) in [4.78, 5) is 25.5. The zero-order valence-electron chi connectivity index (χ0n) is 15.0. The van der Waals surface area contributed by atoms with E-state index in [2.05, 4.69) is 5.32 Å². The Morgan fingerprint density at radius 1 is 1.18 bits per heavy atom. The predicted octanol–water partition coefficient (Wildman–Crippen LogP) is 3.23. The van der Waals surface area contributed by atoms with Crippen molar-refractivity contribution in [2.24, 2.45) is 0 Å². The van der Waals surface area contributed by atoms with E-state index >= 15 is 0 Å². The van der Waals surface area contributed by atoms with E-state index in [1.807, 2.05) is 0 Å². The highest BCUT2D eigenvalue weighted by Crippen LogP contribution is 2.30.